The van der Waals surface area contributed by atoms with Crippen LogP contribution in [0.4, 0.5) is 10.1 Å². The van der Waals surface area contributed by atoms with Gasteiger partial charge in [0.2, 0.25) is 5.91 Å². The van der Waals surface area contributed by atoms with Crippen LogP contribution < -0.4 is 4.90 Å². The highest BCUT2D eigenvalue weighted by atomic mass is 32.3. The molecule has 41 heavy (non-hydrogen) atoms. The van der Waals surface area contributed by atoms with Gasteiger partial charge in [0.1, 0.15) is 12.5 Å². The molecule has 0 unspecified atom stereocenters. The van der Waals surface area contributed by atoms with Gasteiger partial charge in [-0.2, -0.15) is 10.2 Å². The van der Waals surface area contributed by atoms with Gasteiger partial charge in [0.15, 0.2) is 0 Å². The van der Waals surface area contributed by atoms with Gasteiger partial charge < -0.3 is 14.5 Å². The highest BCUT2D eigenvalue weighted by Gasteiger charge is 2.28. The lowest BCUT2D eigenvalue weighted by atomic mass is 9.96. The van der Waals surface area contributed by atoms with Crippen LogP contribution in [-0.2, 0) is 36.3 Å². The number of aryl methyl sites for hydroxylation is 1. The zero-order chi connectivity index (χ0) is 29.3. The van der Waals surface area contributed by atoms with Gasteiger partial charge in [-0.25, -0.2) is 19.1 Å². The number of piperazine rings is 1. The summed E-state index contributed by atoms with van der Waals surface area (Å²) in [6, 6.07) is 3.55. The largest absolute Gasteiger partial charge is 0.358 e. The molecule has 2 amide bonds. The Morgan fingerprint density at radius 2 is 1.83 bits per heavy atom. The second kappa shape index (κ2) is 11.9. The highest BCUT2D eigenvalue weighted by molar-refractivity contribution is 8.32. The average Bonchev–Trinajstić information content (AvgIpc) is 3.54. The third-order valence-electron chi connectivity index (χ3n) is 7.70. The van der Waals surface area contributed by atoms with Crippen LogP contribution in [0, 0.1) is 5.82 Å². The molecule has 2 aromatic heterocycles. The number of aromatic nitrogens is 4. The van der Waals surface area contributed by atoms with Gasteiger partial charge in [0, 0.05) is 93.8 Å². The number of benzene rings is 1. The van der Waals surface area contributed by atoms with Crippen LogP contribution in [-0.4, -0.2) is 106 Å². The van der Waals surface area contributed by atoms with Crippen molar-refractivity contribution in [2.75, 3.05) is 69.3 Å². The van der Waals surface area contributed by atoms with E-state index in [9.17, 15) is 9.59 Å². The number of amides is 2. The molecule has 0 N–H and O–H groups in total. The Hall–Kier alpha value is -3.22. The second-order valence-corrected chi connectivity index (χ2v) is 16.3. The van der Waals surface area contributed by atoms with Crippen molar-refractivity contribution in [1.82, 2.24) is 29.4 Å². The molecule has 10 nitrogen and oxygen atoms in total. The number of hydrogen-bond acceptors (Lipinski definition) is 6. The number of rotatable bonds is 9. The van der Waals surface area contributed by atoms with Gasteiger partial charge in [0.25, 0.3) is 5.91 Å². The summed E-state index contributed by atoms with van der Waals surface area (Å²) >= 11 is 0. The third kappa shape index (κ3) is 6.65. The van der Waals surface area contributed by atoms with Crippen molar-refractivity contribution in [3.63, 3.8) is 0 Å². The smallest absolute Gasteiger partial charge is 0.257 e. The monoisotopic (exact) mass is 585 g/mol. The first-order chi connectivity index (χ1) is 19.5. The van der Waals surface area contributed by atoms with Gasteiger partial charge in [-0.1, -0.05) is 0 Å². The topological polar surface area (TPSA) is 88.7 Å². The van der Waals surface area contributed by atoms with E-state index in [1.165, 1.54) is 4.90 Å². The number of fused-ring (bicyclic) bond motifs is 1. The Labute approximate surface area is 242 Å². The molecule has 0 spiro atoms. The van der Waals surface area contributed by atoms with Crippen molar-refractivity contribution in [3.8, 4) is 11.3 Å². The fourth-order valence-electron chi connectivity index (χ4n) is 5.28. The van der Waals surface area contributed by atoms with Crippen LogP contribution in [0.5, 0.6) is 0 Å². The Kier molecular flexibility index (Phi) is 8.53. The van der Waals surface area contributed by atoms with Gasteiger partial charge >= 0.3 is 0 Å². The normalized spacial score (nSPS) is 16.8. The number of ether oxygens (including phenoxy) is 1. The van der Waals surface area contributed by atoms with Crippen LogP contribution in [0.15, 0.2) is 30.7 Å². The molecule has 1 fully saturated rings. The van der Waals surface area contributed by atoms with Crippen LogP contribution in [0.25, 0.3) is 11.3 Å². The molecule has 0 saturated carbocycles. The maximum atomic E-state index is 16.0. The van der Waals surface area contributed by atoms with E-state index in [-0.39, 0.29) is 24.1 Å². The summed E-state index contributed by atoms with van der Waals surface area (Å²) in [5.74, 6) is 0.657. The van der Waals surface area contributed by atoms with E-state index in [0.29, 0.717) is 80.6 Å². The van der Waals surface area contributed by atoms with Gasteiger partial charge in [0.05, 0.1) is 24.1 Å². The van der Waals surface area contributed by atoms with Crippen molar-refractivity contribution in [1.29, 1.82) is 0 Å². The Balaban J connectivity index is 1.34. The fourth-order valence-corrected chi connectivity index (χ4v) is 5.90. The number of carbonyl (C=O) groups is 2. The van der Waals surface area contributed by atoms with Crippen molar-refractivity contribution in [2.45, 2.75) is 26.1 Å². The van der Waals surface area contributed by atoms with Crippen LogP contribution in [0.3, 0.4) is 0 Å². The van der Waals surface area contributed by atoms with Crippen LogP contribution in [0.2, 0.25) is 0 Å². The van der Waals surface area contributed by atoms with E-state index < -0.39 is 10.0 Å². The van der Waals surface area contributed by atoms with Gasteiger partial charge in [-0.3, -0.25) is 19.2 Å². The first kappa shape index (κ1) is 29.3. The van der Waals surface area contributed by atoms with Crippen LogP contribution >= 0.6 is 10.0 Å². The molecular formula is C29H40FN7O3S. The summed E-state index contributed by atoms with van der Waals surface area (Å²) in [6.45, 7) is 4.10. The predicted octanol–water partition coefficient (Wildman–Crippen LogP) is 2.96. The van der Waals surface area contributed by atoms with E-state index in [2.05, 4.69) is 28.8 Å². The third-order valence-corrected chi connectivity index (χ3v) is 9.10. The molecule has 1 saturated heterocycles. The second-order valence-electron chi connectivity index (χ2n) is 11.7. The minimum absolute atomic E-state index is 0.00925. The molecule has 222 valence electrons. The molecule has 2 aliphatic rings. The first-order valence-electron chi connectivity index (χ1n) is 13.9. The lowest BCUT2D eigenvalue weighted by Gasteiger charge is -2.34. The lowest BCUT2D eigenvalue weighted by Crippen LogP contribution is -2.48. The summed E-state index contributed by atoms with van der Waals surface area (Å²) in [4.78, 5) is 30.7. The molecule has 12 heteroatoms. The Bertz CT molecular complexity index is 1420. The van der Waals surface area contributed by atoms with Crippen molar-refractivity contribution in [3.05, 3.63) is 53.2 Å². The molecule has 3 aromatic rings. The summed E-state index contributed by atoms with van der Waals surface area (Å²) in [7, 11) is 2.82. The fraction of sp³-hybridized carbons (Fsp3) is 0.517. The maximum absolute atomic E-state index is 16.0. The number of halogens is 1. The molecule has 0 bridgehead atoms. The minimum atomic E-state index is -0.665. The van der Waals surface area contributed by atoms with Gasteiger partial charge in [-0.15, -0.1) is 0 Å². The number of hydrogen-bond donors (Lipinski definition) is 0. The summed E-state index contributed by atoms with van der Waals surface area (Å²) in [5, 5.41) is 8.90. The Morgan fingerprint density at radius 3 is 2.51 bits per heavy atom. The SMILES string of the molecule is CN1C(=O)CCc2c1ccc(-c1nn(COCCS(C)(C)C)cc1CN1CCN(C(=O)c3cnn(C)c3)CC1)c2F. The van der Waals surface area contributed by atoms with Gasteiger partial charge in [-0.05, 0) is 37.3 Å². The maximum Gasteiger partial charge on any atom is 0.257 e. The van der Waals surface area contributed by atoms with Crippen molar-refractivity contribution in [2.24, 2.45) is 7.05 Å². The molecule has 2 aliphatic heterocycles. The molecule has 0 atom stereocenters. The number of carbonyl (C=O) groups excluding carboxylic acids is 2. The summed E-state index contributed by atoms with van der Waals surface area (Å²) in [5.41, 5.74) is 3.69. The zero-order valence-electron chi connectivity index (χ0n) is 24.6. The molecule has 0 aliphatic carbocycles. The molecular weight excluding hydrogens is 545 g/mol. The van der Waals surface area contributed by atoms with E-state index in [0.717, 1.165) is 11.3 Å². The van der Waals surface area contributed by atoms with Crippen molar-refractivity contribution < 1.29 is 18.7 Å². The molecule has 5 rings (SSSR count). The Morgan fingerprint density at radius 1 is 1.07 bits per heavy atom. The predicted molar refractivity (Wildman–Crippen MR) is 160 cm³/mol. The van der Waals surface area contributed by atoms with E-state index in [1.54, 1.807) is 41.9 Å². The minimum Gasteiger partial charge on any atom is -0.358 e. The van der Waals surface area contributed by atoms with Crippen LogP contribution in [0.1, 0.15) is 27.9 Å². The lowest BCUT2D eigenvalue weighted by molar-refractivity contribution is -0.118. The summed E-state index contributed by atoms with van der Waals surface area (Å²) in [6.07, 6.45) is 12.7. The molecule has 0 radical (unpaired) electrons. The standard InChI is InChI=1S/C29H40FN7O3S/c1-33-17-21(16-31-33)29(39)36-12-10-35(11-13-36)18-22-19-37(20-40-14-15-41(3,4)5)32-28(22)24-6-8-25-23(27(24)30)7-9-26(38)34(25)2/h6,8,16-17,19H,7,9-15,18,20H2,1-5H3. The molecule has 4 heterocycles. The highest BCUT2D eigenvalue weighted by Crippen LogP contribution is 2.36. The number of anilines is 1. The summed E-state index contributed by atoms with van der Waals surface area (Å²) < 4.78 is 25.3. The first-order valence-corrected chi connectivity index (χ1v) is 16.9. The van der Waals surface area contributed by atoms with E-state index in [1.807, 2.05) is 17.2 Å². The number of nitrogens with zero attached hydrogens (tertiary/aromatic N) is 7. The molecule has 1 aromatic carbocycles. The zero-order valence-corrected chi connectivity index (χ0v) is 25.4. The van der Waals surface area contributed by atoms with Crippen molar-refractivity contribution >= 4 is 27.5 Å². The average molecular weight is 586 g/mol. The quantitative estimate of drug-likeness (QED) is 0.359. The van der Waals surface area contributed by atoms with E-state index in [4.69, 9.17) is 9.84 Å². The van der Waals surface area contributed by atoms with E-state index >= 15 is 4.39 Å².